The van der Waals surface area contributed by atoms with Gasteiger partial charge in [0.15, 0.2) is 5.58 Å². The molecule has 82 heavy (non-hydrogen) atoms. The van der Waals surface area contributed by atoms with Crippen molar-refractivity contribution < 1.29 is 4.42 Å². The molecule has 0 bridgehead atoms. The highest BCUT2D eigenvalue weighted by molar-refractivity contribution is 6.94. The molecule has 2 aliphatic rings. The molecule has 0 spiro atoms. The molecule has 4 nitrogen and oxygen atoms in total. The maximum Gasteiger partial charge on any atom is 0.333 e. The second kappa shape index (κ2) is 23.1. The average Bonchev–Trinajstić information content (AvgIpc) is 2.14. The molecule has 13 rings (SSSR count). The van der Waals surface area contributed by atoms with Crippen molar-refractivity contribution in [2.45, 2.75) is 112 Å². The normalized spacial score (nSPS) is 12.5. The van der Waals surface area contributed by atoms with Crippen LogP contribution in [-0.4, -0.2) is 6.85 Å². The fourth-order valence-electron chi connectivity index (χ4n) is 13.1. The minimum Gasteiger partial charge on any atom is -0.454 e. The van der Waals surface area contributed by atoms with E-state index in [9.17, 15) is 0 Å². The number of benzene rings is 10. The number of furan rings is 1. The SMILES string of the molecule is CCCCc1ccc(N2B3c4ccc5c(oc6ccccc65)c4N(c4ccc(CCCC)cc4-c4ccccc4)c4cc(-c5ccccc5C)cc(c43)-c3cc(N(c4ccc(CCCC)cc4)c4ccc(CCCC)cc4)ccc32)cc1. The lowest BCUT2D eigenvalue weighted by Crippen LogP contribution is -2.61. The highest BCUT2D eigenvalue weighted by atomic mass is 16.3. The first-order valence-electron chi connectivity index (χ1n) is 30.6. The fourth-order valence-corrected chi connectivity index (χ4v) is 13.1. The molecular weight excluding hydrogens is 994 g/mol. The van der Waals surface area contributed by atoms with Crippen LogP contribution in [0.3, 0.4) is 0 Å². The Morgan fingerprint density at radius 1 is 0.415 bits per heavy atom. The van der Waals surface area contributed by atoms with Gasteiger partial charge in [0.05, 0.1) is 11.4 Å². The molecule has 0 N–H and O–H groups in total. The van der Waals surface area contributed by atoms with E-state index in [1.807, 2.05) is 0 Å². The number of aryl methyl sites for hydroxylation is 5. The molecule has 0 saturated heterocycles. The van der Waals surface area contributed by atoms with Crippen LogP contribution in [0.1, 0.15) is 107 Å². The number of anilines is 8. The van der Waals surface area contributed by atoms with Crippen molar-refractivity contribution in [2.24, 2.45) is 0 Å². The summed E-state index contributed by atoms with van der Waals surface area (Å²) in [5, 5.41) is 2.24. The standard InChI is InChI=1S/C77H74BN3O/c1-6-10-22-54-31-38-60(39-32-54)79(61-40-33-55(34-41-61)23-11-7-2)63-44-48-72-68(52-63)69-50-59(64-28-18-17-21-53(64)5)51-73-75(69)78(81(72)62-42-35-56(36-43-62)24-12-8-3)70-46-45-66-65-29-19-20-30-74(65)82-77(66)76(70)80(73)71-47-37-57(25-13-9-4)49-67(71)58-26-15-14-16-27-58/h14-21,26-52H,6-13,22-25H2,1-5H3. The van der Waals surface area contributed by atoms with E-state index >= 15 is 0 Å². The number of para-hydroxylation sites is 1. The Kier molecular flexibility index (Phi) is 14.9. The van der Waals surface area contributed by atoms with Crippen LogP contribution in [0, 0.1) is 6.92 Å². The third-order valence-electron chi connectivity index (χ3n) is 17.5. The number of fused-ring (bicyclic) bond motifs is 8. The molecule has 2 aliphatic heterocycles. The third-order valence-corrected chi connectivity index (χ3v) is 17.5. The lowest BCUT2D eigenvalue weighted by molar-refractivity contribution is 0.669. The van der Waals surface area contributed by atoms with Gasteiger partial charge < -0.3 is 19.0 Å². The summed E-state index contributed by atoms with van der Waals surface area (Å²) in [6.07, 6.45) is 13.6. The van der Waals surface area contributed by atoms with Crippen molar-refractivity contribution in [1.82, 2.24) is 0 Å². The first-order chi connectivity index (χ1) is 40.4. The Morgan fingerprint density at radius 3 is 1.65 bits per heavy atom. The molecule has 0 unspecified atom stereocenters. The Bertz CT molecular complexity index is 4010. The number of unbranched alkanes of at least 4 members (excludes halogenated alkanes) is 4. The predicted molar refractivity (Wildman–Crippen MR) is 352 cm³/mol. The third kappa shape index (κ3) is 9.78. The van der Waals surface area contributed by atoms with Crippen LogP contribution in [0.2, 0.25) is 0 Å². The van der Waals surface area contributed by atoms with E-state index in [-0.39, 0.29) is 6.85 Å². The van der Waals surface area contributed by atoms with Crippen LogP contribution in [0.4, 0.5) is 45.5 Å². The van der Waals surface area contributed by atoms with Crippen LogP contribution in [0.25, 0.3) is 55.3 Å². The van der Waals surface area contributed by atoms with Gasteiger partial charge in [-0.1, -0.05) is 181 Å². The van der Waals surface area contributed by atoms with Gasteiger partial charge in [-0.15, -0.1) is 0 Å². The van der Waals surface area contributed by atoms with Gasteiger partial charge in [-0.05, 0) is 204 Å². The molecular formula is C77H74BN3O. The van der Waals surface area contributed by atoms with E-state index < -0.39 is 0 Å². The van der Waals surface area contributed by atoms with Crippen LogP contribution in [-0.2, 0) is 25.7 Å². The molecule has 0 saturated carbocycles. The minimum atomic E-state index is -0.217. The van der Waals surface area contributed by atoms with E-state index in [2.05, 4.69) is 262 Å². The molecule has 11 aromatic rings. The molecule has 10 aromatic carbocycles. The molecule has 3 heterocycles. The lowest BCUT2D eigenvalue weighted by atomic mass is 9.43. The molecule has 0 amide bonds. The van der Waals surface area contributed by atoms with Gasteiger partial charge in [0.25, 0.3) is 0 Å². The van der Waals surface area contributed by atoms with Gasteiger partial charge in [0, 0.05) is 56.0 Å². The smallest absolute Gasteiger partial charge is 0.333 e. The van der Waals surface area contributed by atoms with Crippen molar-refractivity contribution in [3.63, 3.8) is 0 Å². The van der Waals surface area contributed by atoms with Crippen molar-refractivity contribution in [3.05, 3.63) is 240 Å². The molecule has 0 radical (unpaired) electrons. The van der Waals surface area contributed by atoms with E-state index in [1.165, 1.54) is 103 Å². The minimum absolute atomic E-state index is 0.217. The van der Waals surface area contributed by atoms with E-state index in [0.29, 0.717) is 0 Å². The maximum absolute atomic E-state index is 7.29. The Hall–Kier alpha value is -8.54. The van der Waals surface area contributed by atoms with Crippen LogP contribution < -0.4 is 25.5 Å². The van der Waals surface area contributed by atoms with Crippen molar-refractivity contribution in [1.29, 1.82) is 0 Å². The van der Waals surface area contributed by atoms with Gasteiger partial charge in [-0.3, -0.25) is 0 Å². The highest BCUT2D eigenvalue weighted by Crippen LogP contribution is 2.53. The van der Waals surface area contributed by atoms with Gasteiger partial charge in [0.1, 0.15) is 5.58 Å². The summed E-state index contributed by atoms with van der Waals surface area (Å²) < 4.78 is 7.29. The van der Waals surface area contributed by atoms with Gasteiger partial charge in [0.2, 0.25) is 0 Å². The zero-order valence-corrected chi connectivity index (χ0v) is 48.5. The molecule has 0 fully saturated rings. The first-order valence-corrected chi connectivity index (χ1v) is 30.6. The number of hydrogen-bond donors (Lipinski definition) is 0. The molecule has 5 heteroatoms. The van der Waals surface area contributed by atoms with Crippen molar-refractivity contribution in [2.75, 3.05) is 14.6 Å². The quantitative estimate of drug-likeness (QED) is 0.0753. The fraction of sp³-hybridized carbons (Fsp3) is 0.221. The second-order valence-electron chi connectivity index (χ2n) is 23.0. The zero-order valence-electron chi connectivity index (χ0n) is 48.5. The van der Waals surface area contributed by atoms with Crippen LogP contribution in [0.15, 0.2) is 217 Å². The maximum atomic E-state index is 7.29. The Labute approximate surface area is 486 Å². The summed E-state index contributed by atoms with van der Waals surface area (Å²) in [5.41, 5.74) is 27.4. The summed E-state index contributed by atoms with van der Waals surface area (Å²) in [6.45, 7) is 11.2. The van der Waals surface area contributed by atoms with Gasteiger partial charge in [-0.25, -0.2) is 0 Å². The van der Waals surface area contributed by atoms with E-state index in [0.717, 1.165) is 113 Å². The summed E-state index contributed by atoms with van der Waals surface area (Å²) in [5.74, 6) is 0. The van der Waals surface area contributed by atoms with Crippen molar-refractivity contribution >= 4 is 85.2 Å². The average molecular weight is 1070 g/mol. The lowest BCUT2D eigenvalue weighted by Gasteiger charge is -2.46. The summed E-state index contributed by atoms with van der Waals surface area (Å²) in [4.78, 5) is 7.75. The van der Waals surface area contributed by atoms with Gasteiger partial charge >= 0.3 is 6.85 Å². The Morgan fingerprint density at radius 2 is 0.988 bits per heavy atom. The van der Waals surface area contributed by atoms with E-state index in [1.54, 1.807) is 0 Å². The number of hydrogen-bond acceptors (Lipinski definition) is 4. The van der Waals surface area contributed by atoms with Crippen molar-refractivity contribution in [3.8, 4) is 33.4 Å². The topological polar surface area (TPSA) is 22.9 Å². The van der Waals surface area contributed by atoms with E-state index in [4.69, 9.17) is 4.42 Å². The molecule has 406 valence electrons. The monoisotopic (exact) mass is 1070 g/mol. The zero-order chi connectivity index (χ0) is 55.7. The summed E-state index contributed by atoms with van der Waals surface area (Å²) in [7, 11) is 0. The molecule has 0 aliphatic carbocycles. The first kappa shape index (κ1) is 52.8. The molecule has 1 aromatic heterocycles. The van der Waals surface area contributed by atoms with Crippen LogP contribution >= 0.6 is 0 Å². The number of nitrogens with zero attached hydrogens (tertiary/aromatic N) is 3. The highest BCUT2D eigenvalue weighted by Gasteiger charge is 2.47. The van der Waals surface area contributed by atoms with Crippen LogP contribution in [0.5, 0.6) is 0 Å². The summed E-state index contributed by atoms with van der Waals surface area (Å²) in [6, 6.07) is 81.1. The largest absolute Gasteiger partial charge is 0.454 e. The molecule has 0 atom stereocenters. The second-order valence-corrected chi connectivity index (χ2v) is 23.0. The number of rotatable bonds is 19. The van der Waals surface area contributed by atoms with Gasteiger partial charge in [-0.2, -0.15) is 0 Å². The Balaban J connectivity index is 1.13. The predicted octanol–water partition coefficient (Wildman–Crippen LogP) is 20.8. The summed E-state index contributed by atoms with van der Waals surface area (Å²) >= 11 is 0.